The highest BCUT2D eigenvalue weighted by Crippen LogP contribution is 2.31. The SMILES string of the molecule is COc1cc(C)cc(C)c1NS(=O)(=O)c1ccc(NC(C)=O)cc1. The summed E-state index contributed by atoms with van der Waals surface area (Å²) in [6.45, 7) is 5.11. The van der Waals surface area contributed by atoms with Crippen LogP contribution in [0.1, 0.15) is 18.1 Å². The maximum Gasteiger partial charge on any atom is 0.262 e. The minimum atomic E-state index is -3.77. The summed E-state index contributed by atoms with van der Waals surface area (Å²) in [6, 6.07) is 9.59. The zero-order chi connectivity index (χ0) is 17.9. The van der Waals surface area contributed by atoms with Crippen LogP contribution in [-0.2, 0) is 14.8 Å². The fourth-order valence-corrected chi connectivity index (χ4v) is 3.48. The van der Waals surface area contributed by atoms with E-state index in [0.29, 0.717) is 17.1 Å². The minimum absolute atomic E-state index is 0.0960. The van der Waals surface area contributed by atoms with Crippen molar-refractivity contribution in [3.63, 3.8) is 0 Å². The third kappa shape index (κ3) is 4.05. The number of nitrogens with one attached hydrogen (secondary N) is 2. The van der Waals surface area contributed by atoms with Crippen LogP contribution in [0.2, 0.25) is 0 Å². The van der Waals surface area contributed by atoms with Gasteiger partial charge in [-0.3, -0.25) is 9.52 Å². The van der Waals surface area contributed by atoms with Gasteiger partial charge in [-0.15, -0.1) is 0 Å². The molecule has 0 saturated carbocycles. The number of carbonyl (C=O) groups excluding carboxylic acids is 1. The highest BCUT2D eigenvalue weighted by Gasteiger charge is 2.18. The second-order valence-corrected chi connectivity index (χ2v) is 7.15. The van der Waals surface area contributed by atoms with E-state index in [1.807, 2.05) is 19.9 Å². The number of aryl methyl sites for hydroxylation is 2. The van der Waals surface area contributed by atoms with E-state index in [4.69, 9.17) is 4.74 Å². The lowest BCUT2D eigenvalue weighted by molar-refractivity contribution is -0.114. The molecule has 0 bridgehead atoms. The molecule has 2 aromatic carbocycles. The summed E-state index contributed by atoms with van der Waals surface area (Å²) in [5.41, 5.74) is 2.69. The lowest BCUT2D eigenvalue weighted by Crippen LogP contribution is -2.15. The van der Waals surface area contributed by atoms with E-state index in [2.05, 4.69) is 10.0 Å². The first-order chi connectivity index (χ1) is 11.2. The van der Waals surface area contributed by atoms with E-state index in [0.717, 1.165) is 11.1 Å². The lowest BCUT2D eigenvalue weighted by Gasteiger charge is -2.15. The highest BCUT2D eigenvalue weighted by molar-refractivity contribution is 7.92. The van der Waals surface area contributed by atoms with E-state index in [-0.39, 0.29) is 10.8 Å². The molecule has 2 aromatic rings. The van der Waals surface area contributed by atoms with Crippen LogP contribution in [0.5, 0.6) is 5.75 Å². The van der Waals surface area contributed by atoms with Gasteiger partial charge in [-0.2, -0.15) is 0 Å². The van der Waals surface area contributed by atoms with Gasteiger partial charge in [0, 0.05) is 12.6 Å². The summed E-state index contributed by atoms with van der Waals surface area (Å²) >= 11 is 0. The standard InChI is InChI=1S/C17H20N2O4S/c1-11-9-12(2)17(16(10-11)23-4)19-24(21,22)15-7-5-14(6-8-15)18-13(3)20/h5-10,19H,1-4H3,(H,18,20). The van der Waals surface area contributed by atoms with Crippen LogP contribution in [-0.4, -0.2) is 21.4 Å². The summed E-state index contributed by atoms with van der Waals surface area (Å²) in [4.78, 5) is 11.1. The van der Waals surface area contributed by atoms with Crippen LogP contribution in [0.25, 0.3) is 0 Å². The molecule has 0 heterocycles. The highest BCUT2D eigenvalue weighted by atomic mass is 32.2. The van der Waals surface area contributed by atoms with E-state index in [1.54, 1.807) is 6.07 Å². The first-order valence-electron chi connectivity index (χ1n) is 7.28. The van der Waals surface area contributed by atoms with Gasteiger partial charge in [0.2, 0.25) is 5.91 Å². The Morgan fingerprint density at radius 2 is 1.71 bits per heavy atom. The van der Waals surface area contributed by atoms with E-state index < -0.39 is 10.0 Å². The fraction of sp³-hybridized carbons (Fsp3) is 0.235. The number of ether oxygens (including phenoxy) is 1. The Hall–Kier alpha value is -2.54. The molecule has 6 nitrogen and oxygen atoms in total. The molecular weight excluding hydrogens is 328 g/mol. The molecular formula is C17H20N2O4S. The number of benzene rings is 2. The van der Waals surface area contributed by atoms with Crippen molar-refractivity contribution in [2.75, 3.05) is 17.1 Å². The predicted octanol–water partition coefficient (Wildman–Crippen LogP) is 3.07. The fourth-order valence-electron chi connectivity index (χ4n) is 2.33. The molecule has 0 spiro atoms. The van der Waals surface area contributed by atoms with Crippen LogP contribution < -0.4 is 14.8 Å². The molecule has 0 aliphatic heterocycles. The van der Waals surface area contributed by atoms with Gasteiger partial charge in [0.05, 0.1) is 17.7 Å². The van der Waals surface area contributed by atoms with Crippen LogP contribution in [0.4, 0.5) is 11.4 Å². The Kier molecular flexibility index (Phi) is 5.14. The van der Waals surface area contributed by atoms with Crippen molar-refractivity contribution in [3.8, 4) is 5.75 Å². The molecule has 0 aliphatic carbocycles. The first-order valence-corrected chi connectivity index (χ1v) is 8.77. The number of rotatable bonds is 5. The number of anilines is 2. The van der Waals surface area contributed by atoms with Crippen LogP contribution in [0.15, 0.2) is 41.3 Å². The molecule has 0 fully saturated rings. The molecule has 7 heteroatoms. The van der Waals surface area contributed by atoms with Gasteiger partial charge in [0.1, 0.15) is 5.75 Å². The monoisotopic (exact) mass is 348 g/mol. The lowest BCUT2D eigenvalue weighted by atomic mass is 10.1. The van der Waals surface area contributed by atoms with Crippen molar-refractivity contribution >= 4 is 27.3 Å². The van der Waals surface area contributed by atoms with Gasteiger partial charge in [-0.05, 0) is 55.3 Å². The van der Waals surface area contributed by atoms with Crippen molar-refractivity contribution < 1.29 is 17.9 Å². The Balaban J connectivity index is 2.34. The number of methoxy groups -OCH3 is 1. The van der Waals surface area contributed by atoms with Gasteiger partial charge >= 0.3 is 0 Å². The van der Waals surface area contributed by atoms with Gasteiger partial charge < -0.3 is 10.1 Å². The summed E-state index contributed by atoms with van der Waals surface area (Å²) in [6.07, 6.45) is 0. The van der Waals surface area contributed by atoms with Crippen molar-refractivity contribution in [2.24, 2.45) is 0 Å². The molecule has 0 aliphatic rings. The van der Waals surface area contributed by atoms with Crippen molar-refractivity contribution in [1.29, 1.82) is 0 Å². The zero-order valence-corrected chi connectivity index (χ0v) is 14.8. The van der Waals surface area contributed by atoms with Gasteiger partial charge in [0.25, 0.3) is 10.0 Å². The van der Waals surface area contributed by atoms with E-state index in [1.165, 1.54) is 38.3 Å². The van der Waals surface area contributed by atoms with Crippen LogP contribution in [0, 0.1) is 13.8 Å². The largest absolute Gasteiger partial charge is 0.495 e. The smallest absolute Gasteiger partial charge is 0.262 e. The quantitative estimate of drug-likeness (QED) is 0.870. The van der Waals surface area contributed by atoms with E-state index in [9.17, 15) is 13.2 Å². The third-order valence-electron chi connectivity index (χ3n) is 3.39. The number of hydrogen-bond donors (Lipinski definition) is 2. The Morgan fingerprint density at radius 3 is 2.25 bits per heavy atom. The third-order valence-corrected chi connectivity index (χ3v) is 4.75. The maximum absolute atomic E-state index is 12.6. The average molecular weight is 348 g/mol. The number of sulfonamides is 1. The molecule has 0 unspecified atom stereocenters. The molecule has 1 amide bonds. The summed E-state index contributed by atoms with van der Waals surface area (Å²) < 4.78 is 33.0. The maximum atomic E-state index is 12.6. The van der Waals surface area contributed by atoms with Crippen molar-refractivity contribution in [3.05, 3.63) is 47.5 Å². The predicted molar refractivity (Wildman–Crippen MR) is 94.0 cm³/mol. The van der Waals surface area contributed by atoms with Gasteiger partial charge in [0.15, 0.2) is 0 Å². The van der Waals surface area contributed by atoms with Gasteiger partial charge in [-0.1, -0.05) is 6.07 Å². The molecule has 0 atom stereocenters. The number of hydrogen-bond acceptors (Lipinski definition) is 4. The van der Waals surface area contributed by atoms with Crippen molar-refractivity contribution in [1.82, 2.24) is 0 Å². The topological polar surface area (TPSA) is 84.5 Å². The summed E-state index contributed by atoms with van der Waals surface area (Å²) in [5, 5.41) is 2.59. The molecule has 2 N–H and O–H groups in total. The van der Waals surface area contributed by atoms with Crippen LogP contribution >= 0.6 is 0 Å². The molecule has 24 heavy (non-hydrogen) atoms. The van der Waals surface area contributed by atoms with Crippen molar-refractivity contribution in [2.45, 2.75) is 25.7 Å². The molecule has 0 aromatic heterocycles. The summed E-state index contributed by atoms with van der Waals surface area (Å²) in [7, 11) is -2.27. The normalized spacial score (nSPS) is 11.0. The van der Waals surface area contributed by atoms with Gasteiger partial charge in [-0.25, -0.2) is 8.42 Å². The Labute approximate surface area is 141 Å². The second kappa shape index (κ2) is 6.92. The first kappa shape index (κ1) is 17.8. The number of amides is 1. The average Bonchev–Trinajstić information content (AvgIpc) is 2.49. The second-order valence-electron chi connectivity index (χ2n) is 5.47. The summed E-state index contributed by atoms with van der Waals surface area (Å²) in [5.74, 6) is 0.245. The molecule has 0 radical (unpaired) electrons. The zero-order valence-electron chi connectivity index (χ0n) is 14.0. The Morgan fingerprint density at radius 1 is 1.08 bits per heavy atom. The number of carbonyl (C=O) groups is 1. The minimum Gasteiger partial charge on any atom is -0.495 e. The Bertz CT molecular complexity index is 859. The van der Waals surface area contributed by atoms with Crippen LogP contribution in [0.3, 0.4) is 0 Å². The molecule has 0 saturated heterocycles. The molecule has 128 valence electrons. The van der Waals surface area contributed by atoms with E-state index >= 15 is 0 Å². The molecule has 2 rings (SSSR count).